The number of ether oxygens (including phenoxy) is 1. The van der Waals surface area contributed by atoms with Crippen molar-refractivity contribution in [2.45, 2.75) is 51.5 Å². The lowest BCUT2D eigenvalue weighted by Crippen LogP contribution is -2.52. The molecule has 2 fully saturated rings. The molecule has 0 aromatic rings. The molecule has 0 radical (unpaired) electrons. The van der Waals surface area contributed by atoms with Gasteiger partial charge in [0.05, 0.1) is 13.2 Å². The van der Waals surface area contributed by atoms with Crippen LogP contribution in [0.25, 0.3) is 0 Å². The zero-order chi connectivity index (χ0) is 16.5. The Labute approximate surface area is 139 Å². The van der Waals surface area contributed by atoms with E-state index in [0.29, 0.717) is 13.0 Å². The lowest BCUT2D eigenvalue weighted by molar-refractivity contribution is -0.130. The van der Waals surface area contributed by atoms with Gasteiger partial charge in [0.2, 0.25) is 11.8 Å². The summed E-state index contributed by atoms with van der Waals surface area (Å²) in [6.07, 6.45) is 6.04. The molecule has 132 valence electrons. The molecule has 6 nitrogen and oxygen atoms in total. The average molecular weight is 325 g/mol. The fraction of sp³-hybridized carbons (Fsp3) is 0.882. The van der Waals surface area contributed by atoms with Crippen LogP contribution in [0.4, 0.5) is 0 Å². The first-order chi connectivity index (χ1) is 11.2. The summed E-state index contributed by atoms with van der Waals surface area (Å²) < 4.78 is 5.32. The van der Waals surface area contributed by atoms with E-state index in [1.807, 2.05) is 6.92 Å². The van der Waals surface area contributed by atoms with Gasteiger partial charge in [0.1, 0.15) is 6.04 Å². The highest BCUT2D eigenvalue weighted by atomic mass is 16.5. The minimum atomic E-state index is -0.368. The van der Waals surface area contributed by atoms with Crippen LogP contribution < -0.4 is 10.6 Å². The van der Waals surface area contributed by atoms with Crippen LogP contribution in [-0.4, -0.2) is 62.1 Å². The Kier molecular flexibility index (Phi) is 7.82. The number of carbonyl (C=O) groups excluding carboxylic acids is 2. The number of nitrogens with one attached hydrogen (secondary N) is 2. The van der Waals surface area contributed by atoms with Crippen LogP contribution >= 0.6 is 0 Å². The Balaban J connectivity index is 1.80. The molecule has 1 saturated heterocycles. The smallest absolute Gasteiger partial charge is 0.242 e. The average Bonchev–Trinajstić information content (AvgIpc) is 2.61. The third kappa shape index (κ3) is 6.11. The van der Waals surface area contributed by atoms with Crippen molar-refractivity contribution in [2.75, 3.05) is 39.4 Å². The molecule has 6 heteroatoms. The molecule has 0 spiro atoms. The highest BCUT2D eigenvalue weighted by Gasteiger charge is 2.30. The van der Waals surface area contributed by atoms with Gasteiger partial charge in [-0.15, -0.1) is 0 Å². The minimum Gasteiger partial charge on any atom is -0.379 e. The number of nitrogens with zero attached hydrogens (tertiary/aromatic N) is 1. The fourth-order valence-corrected chi connectivity index (χ4v) is 3.41. The fourth-order valence-electron chi connectivity index (χ4n) is 3.41. The molecular formula is C17H31N3O3. The first-order valence-electron chi connectivity index (χ1n) is 9.08. The number of amides is 2. The molecule has 0 bridgehead atoms. The zero-order valence-electron chi connectivity index (χ0n) is 14.3. The lowest BCUT2D eigenvalue weighted by atomic mass is 9.83. The van der Waals surface area contributed by atoms with Crippen molar-refractivity contribution < 1.29 is 14.3 Å². The van der Waals surface area contributed by atoms with Crippen LogP contribution in [-0.2, 0) is 14.3 Å². The van der Waals surface area contributed by atoms with Crippen molar-refractivity contribution in [1.82, 2.24) is 15.5 Å². The van der Waals surface area contributed by atoms with Crippen LogP contribution in [0.5, 0.6) is 0 Å². The van der Waals surface area contributed by atoms with Crippen LogP contribution in [0.2, 0.25) is 0 Å². The second-order valence-corrected chi connectivity index (χ2v) is 6.54. The maximum Gasteiger partial charge on any atom is 0.242 e. The maximum atomic E-state index is 12.6. The van der Waals surface area contributed by atoms with Crippen molar-refractivity contribution in [2.24, 2.45) is 5.92 Å². The van der Waals surface area contributed by atoms with Gasteiger partial charge in [-0.2, -0.15) is 0 Å². The van der Waals surface area contributed by atoms with Crippen molar-refractivity contribution >= 4 is 11.8 Å². The Morgan fingerprint density at radius 1 is 1.17 bits per heavy atom. The molecule has 2 N–H and O–H groups in total. The molecule has 1 saturated carbocycles. The van der Waals surface area contributed by atoms with Crippen LogP contribution in [0, 0.1) is 5.92 Å². The molecule has 1 heterocycles. The highest BCUT2D eigenvalue weighted by molar-refractivity contribution is 5.87. The van der Waals surface area contributed by atoms with Crippen molar-refractivity contribution in [3.05, 3.63) is 0 Å². The molecule has 2 aliphatic rings. The SMILES string of the molecule is CCC(=O)NC(C(=O)NCCN1CCOCC1)C1CCCCC1. The molecule has 1 aliphatic heterocycles. The predicted molar refractivity (Wildman–Crippen MR) is 89.1 cm³/mol. The summed E-state index contributed by atoms with van der Waals surface area (Å²) in [7, 11) is 0. The third-order valence-electron chi connectivity index (χ3n) is 4.87. The summed E-state index contributed by atoms with van der Waals surface area (Å²) in [5, 5.41) is 5.96. The minimum absolute atomic E-state index is 0.0213. The lowest BCUT2D eigenvalue weighted by Gasteiger charge is -2.31. The monoisotopic (exact) mass is 325 g/mol. The van der Waals surface area contributed by atoms with Gasteiger partial charge in [-0.05, 0) is 18.8 Å². The van der Waals surface area contributed by atoms with Gasteiger partial charge in [0.15, 0.2) is 0 Å². The highest BCUT2D eigenvalue weighted by Crippen LogP contribution is 2.26. The van der Waals surface area contributed by atoms with Gasteiger partial charge in [0.25, 0.3) is 0 Å². The van der Waals surface area contributed by atoms with E-state index in [9.17, 15) is 9.59 Å². The number of hydrogen-bond acceptors (Lipinski definition) is 4. The van der Waals surface area contributed by atoms with Gasteiger partial charge < -0.3 is 15.4 Å². The number of carbonyl (C=O) groups is 2. The summed E-state index contributed by atoms with van der Waals surface area (Å²) in [6, 6.07) is -0.368. The molecule has 0 aromatic heterocycles. The predicted octanol–water partition coefficient (Wildman–Crippen LogP) is 0.910. The van der Waals surface area contributed by atoms with Crippen molar-refractivity contribution in [1.29, 1.82) is 0 Å². The largest absolute Gasteiger partial charge is 0.379 e. The van der Waals surface area contributed by atoms with Gasteiger partial charge in [0, 0.05) is 32.6 Å². The van der Waals surface area contributed by atoms with E-state index < -0.39 is 0 Å². The van der Waals surface area contributed by atoms with Crippen molar-refractivity contribution in [3.63, 3.8) is 0 Å². The van der Waals surface area contributed by atoms with E-state index in [2.05, 4.69) is 15.5 Å². The van der Waals surface area contributed by atoms with E-state index in [1.165, 1.54) is 6.42 Å². The second-order valence-electron chi connectivity index (χ2n) is 6.54. The molecule has 0 aromatic carbocycles. The topological polar surface area (TPSA) is 70.7 Å². The summed E-state index contributed by atoms with van der Waals surface area (Å²) in [5.74, 6) is 0.221. The Hall–Kier alpha value is -1.14. The van der Waals surface area contributed by atoms with E-state index in [4.69, 9.17) is 4.74 Å². The Bertz CT molecular complexity index is 377. The summed E-state index contributed by atoms with van der Waals surface area (Å²) in [5.41, 5.74) is 0. The summed E-state index contributed by atoms with van der Waals surface area (Å²) in [6.45, 7) is 6.68. The van der Waals surface area contributed by atoms with Crippen molar-refractivity contribution in [3.8, 4) is 0 Å². The molecule has 2 rings (SSSR count). The molecule has 2 amide bonds. The maximum absolute atomic E-state index is 12.6. The third-order valence-corrected chi connectivity index (χ3v) is 4.87. The normalized spacial score (nSPS) is 21.6. The zero-order valence-corrected chi connectivity index (χ0v) is 14.3. The van der Waals surface area contributed by atoms with E-state index >= 15 is 0 Å². The molecule has 1 aliphatic carbocycles. The molecule has 1 atom stereocenters. The van der Waals surface area contributed by atoms with Gasteiger partial charge in [-0.3, -0.25) is 14.5 Å². The number of rotatable bonds is 7. The van der Waals surface area contributed by atoms with E-state index in [-0.39, 0.29) is 23.8 Å². The summed E-state index contributed by atoms with van der Waals surface area (Å²) in [4.78, 5) is 26.6. The molecule has 23 heavy (non-hydrogen) atoms. The van der Waals surface area contributed by atoms with E-state index in [0.717, 1.165) is 58.5 Å². The first-order valence-corrected chi connectivity index (χ1v) is 9.08. The Morgan fingerprint density at radius 3 is 2.52 bits per heavy atom. The van der Waals surface area contributed by atoms with Crippen LogP contribution in [0.3, 0.4) is 0 Å². The quantitative estimate of drug-likeness (QED) is 0.730. The first kappa shape index (κ1) is 18.2. The molecular weight excluding hydrogens is 294 g/mol. The molecule has 1 unspecified atom stereocenters. The van der Waals surface area contributed by atoms with Crippen LogP contribution in [0.15, 0.2) is 0 Å². The number of hydrogen-bond donors (Lipinski definition) is 2. The standard InChI is InChI=1S/C17H31N3O3/c1-2-15(21)19-16(14-6-4-3-5-7-14)17(22)18-8-9-20-10-12-23-13-11-20/h14,16H,2-13H2,1H3,(H,18,22)(H,19,21). The second kappa shape index (κ2) is 9.88. The Morgan fingerprint density at radius 2 is 1.87 bits per heavy atom. The van der Waals surface area contributed by atoms with Crippen LogP contribution in [0.1, 0.15) is 45.4 Å². The van der Waals surface area contributed by atoms with Gasteiger partial charge >= 0.3 is 0 Å². The van der Waals surface area contributed by atoms with Gasteiger partial charge in [-0.1, -0.05) is 26.2 Å². The van der Waals surface area contributed by atoms with Gasteiger partial charge in [-0.25, -0.2) is 0 Å². The summed E-state index contributed by atoms with van der Waals surface area (Å²) >= 11 is 0. The van der Waals surface area contributed by atoms with E-state index in [1.54, 1.807) is 0 Å². The number of morpholine rings is 1.